The van der Waals surface area contributed by atoms with Crippen LogP contribution in [0.2, 0.25) is 0 Å². The number of nitrogens with zero attached hydrogens (tertiary/aromatic N) is 1. The first-order chi connectivity index (χ1) is 14.2. The maximum Gasteiger partial charge on any atom is 0.191 e. The van der Waals surface area contributed by atoms with Gasteiger partial charge >= 0.3 is 0 Å². The number of nitrogens with one attached hydrogen (secondary N) is 2. The van der Waals surface area contributed by atoms with E-state index in [4.69, 9.17) is 9.47 Å². The third kappa shape index (κ3) is 7.68. The number of hydrogen-bond donors (Lipinski definition) is 3. The molecule has 0 radical (unpaired) electrons. The molecule has 3 N–H and O–H groups in total. The first-order valence-corrected chi connectivity index (χ1v) is 10.2. The average Bonchev–Trinajstić information content (AvgIpc) is 3.59. The van der Waals surface area contributed by atoms with Crippen molar-refractivity contribution in [1.82, 2.24) is 10.6 Å². The van der Waals surface area contributed by atoms with Crippen LogP contribution < -0.4 is 20.1 Å². The molecule has 0 aromatic heterocycles. The molecule has 0 bridgehead atoms. The monoisotopic (exact) mass is 525 g/mol. The van der Waals surface area contributed by atoms with Crippen LogP contribution in [0.25, 0.3) is 0 Å². The molecule has 1 atom stereocenters. The number of guanidine groups is 1. The van der Waals surface area contributed by atoms with Crippen LogP contribution in [0.5, 0.6) is 11.5 Å². The van der Waals surface area contributed by atoms with Crippen molar-refractivity contribution >= 4 is 29.9 Å². The summed E-state index contributed by atoms with van der Waals surface area (Å²) in [6.07, 6.45) is 1.87. The second kappa shape index (κ2) is 12.6. The van der Waals surface area contributed by atoms with Gasteiger partial charge in [0.05, 0.1) is 26.4 Å². The van der Waals surface area contributed by atoms with E-state index in [1.165, 1.54) is 12.8 Å². The molecule has 3 rings (SSSR count). The normalized spacial score (nSPS) is 14.4. The number of benzene rings is 2. The number of para-hydroxylation sites is 1. The summed E-state index contributed by atoms with van der Waals surface area (Å²) in [6.45, 7) is 4.39. The lowest BCUT2D eigenvalue weighted by Gasteiger charge is -2.16. The van der Waals surface area contributed by atoms with Gasteiger partial charge in [-0.3, -0.25) is 0 Å². The van der Waals surface area contributed by atoms with E-state index in [2.05, 4.69) is 15.6 Å². The third-order valence-electron chi connectivity index (χ3n) is 4.84. The predicted molar refractivity (Wildman–Crippen MR) is 131 cm³/mol. The summed E-state index contributed by atoms with van der Waals surface area (Å²) in [5.74, 6) is 3.00. The summed E-state index contributed by atoms with van der Waals surface area (Å²) < 4.78 is 11.2. The van der Waals surface area contributed by atoms with Crippen molar-refractivity contribution in [3.05, 3.63) is 59.7 Å². The molecule has 1 fully saturated rings. The van der Waals surface area contributed by atoms with E-state index in [1.807, 2.05) is 55.5 Å². The maximum absolute atomic E-state index is 10.5. The number of aliphatic hydroxyl groups is 1. The van der Waals surface area contributed by atoms with E-state index in [0.717, 1.165) is 35.8 Å². The van der Waals surface area contributed by atoms with E-state index < -0.39 is 6.10 Å². The minimum absolute atomic E-state index is 0. The lowest BCUT2D eigenvalue weighted by atomic mass is 10.1. The summed E-state index contributed by atoms with van der Waals surface area (Å²) >= 11 is 0. The number of aliphatic imine (C=N–C) groups is 1. The van der Waals surface area contributed by atoms with Gasteiger partial charge in [-0.15, -0.1) is 24.0 Å². The van der Waals surface area contributed by atoms with Crippen molar-refractivity contribution in [2.45, 2.75) is 32.4 Å². The standard InChI is InChI=1S/C23H31N3O3.HI/c1-3-24-23(26-15-21(27)18-8-6-9-20(13-18)28-2)25-14-19-7-4-5-10-22(19)29-16-17-11-12-17;/h4-10,13,17,21,27H,3,11-12,14-16H2,1-2H3,(H2,24,25,26);1H. The van der Waals surface area contributed by atoms with Crippen LogP contribution >= 0.6 is 24.0 Å². The summed E-state index contributed by atoms with van der Waals surface area (Å²) in [7, 11) is 1.62. The Morgan fingerprint density at radius 2 is 1.97 bits per heavy atom. The van der Waals surface area contributed by atoms with Crippen LogP contribution in [0, 0.1) is 5.92 Å². The number of rotatable bonds is 10. The Balaban J connectivity index is 0.00000320. The molecular weight excluding hydrogens is 493 g/mol. The third-order valence-corrected chi connectivity index (χ3v) is 4.84. The van der Waals surface area contributed by atoms with Gasteiger partial charge in [0.15, 0.2) is 5.96 Å². The van der Waals surface area contributed by atoms with Gasteiger partial charge in [0, 0.05) is 18.7 Å². The van der Waals surface area contributed by atoms with Crippen LogP contribution in [0.3, 0.4) is 0 Å². The second-order valence-electron chi connectivity index (χ2n) is 7.23. The van der Waals surface area contributed by atoms with Gasteiger partial charge in [0.1, 0.15) is 11.5 Å². The van der Waals surface area contributed by atoms with E-state index >= 15 is 0 Å². The first-order valence-electron chi connectivity index (χ1n) is 10.2. The molecule has 30 heavy (non-hydrogen) atoms. The minimum atomic E-state index is -0.664. The van der Waals surface area contributed by atoms with Crippen molar-refractivity contribution in [2.75, 3.05) is 26.8 Å². The van der Waals surface area contributed by atoms with Crippen molar-refractivity contribution in [3.63, 3.8) is 0 Å². The van der Waals surface area contributed by atoms with Crippen LogP contribution in [-0.2, 0) is 6.54 Å². The quantitative estimate of drug-likeness (QED) is 0.250. The summed E-state index contributed by atoms with van der Waals surface area (Å²) in [4.78, 5) is 4.67. The molecule has 0 saturated heterocycles. The maximum atomic E-state index is 10.5. The van der Waals surface area contributed by atoms with Crippen molar-refractivity contribution in [3.8, 4) is 11.5 Å². The van der Waals surface area contributed by atoms with Gasteiger partial charge in [0.2, 0.25) is 0 Å². The van der Waals surface area contributed by atoms with Crippen LogP contribution in [0.1, 0.15) is 37.0 Å². The molecule has 7 heteroatoms. The molecule has 2 aromatic carbocycles. The molecule has 0 amide bonds. The van der Waals surface area contributed by atoms with Gasteiger partial charge in [-0.2, -0.15) is 0 Å². The molecule has 2 aromatic rings. The molecule has 6 nitrogen and oxygen atoms in total. The molecule has 1 saturated carbocycles. The largest absolute Gasteiger partial charge is 0.497 e. The van der Waals surface area contributed by atoms with Gasteiger partial charge in [-0.1, -0.05) is 30.3 Å². The Labute approximate surface area is 196 Å². The molecule has 164 valence electrons. The van der Waals surface area contributed by atoms with Crippen LogP contribution in [-0.4, -0.2) is 37.9 Å². The molecule has 0 heterocycles. The molecular formula is C23H32IN3O3. The molecule has 0 aliphatic heterocycles. The van der Waals surface area contributed by atoms with E-state index in [0.29, 0.717) is 25.0 Å². The van der Waals surface area contributed by atoms with Crippen LogP contribution in [0.15, 0.2) is 53.5 Å². The number of hydrogen-bond acceptors (Lipinski definition) is 4. The van der Waals surface area contributed by atoms with E-state index in [1.54, 1.807) is 7.11 Å². The van der Waals surface area contributed by atoms with E-state index in [-0.39, 0.29) is 24.0 Å². The van der Waals surface area contributed by atoms with Crippen molar-refractivity contribution in [1.29, 1.82) is 0 Å². The van der Waals surface area contributed by atoms with Crippen LogP contribution in [0.4, 0.5) is 0 Å². The average molecular weight is 525 g/mol. The Kier molecular flexibility index (Phi) is 10.2. The SMILES string of the molecule is CCNC(=NCc1ccccc1OCC1CC1)NCC(O)c1cccc(OC)c1.I. The fourth-order valence-electron chi connectivity index (χ4n) is 2.93. The fraction of sp³-hybridized carbons (Fsp3) is 0.435. The number of ether oxygens (including phenoxy) is 2. The van der Waals surface area contributed by atoms with Gasteiger partial charge in [-0.25, -0.2) is 4.99 Å². The van der Waals surface area contributed by atoms with Crippen molar-refractivity contribution in [2.24, 2.45) is 10.9 Å². The zero-order chi connectivity index (χ0) is 20.5. The number of aliphatic hydroxyl groups excluding tert-OH is 1. The highest BCUT2D eigenvalue weighted by Crippen LogP contribution is 2.30. The lowest BCUT2D eigenvalue weighted by molar-refractivity contribution is 0.180. The Morgan fingerprint density at radius 1 is 1.17 bits per heavy atom. The highest BCUT2D eigenvalue weighted by Gasteiger charge is 2.22. The summed E-state index contributed by atoms with van der Waals surface area (Å²) in [5, 5.41) is 16.9. The fourth-order valence-corrected chi connectivity index (χ4v) is 2.93. The van der Waals surface area contributed by atoms with Gasteiger partial charge in [0.25, 0.3) is 0 Å². The smallest absolute Gasteiger partial charge is 0.191 e. The highest BCUT2D eigenvalue weighted by molar-refractivity contribution is 14.0. The van der Waals surface area contributed by atoms with Gasteiger partial charge < -0.3 is 25.2 Å². The van der Waals surface area contributed by atoms with E-state index in [9.17, 15) is 5.11 Å². The zero-order valence-corrected chi connectivity index (χ0v) is 20.0. The number of methoxy groups -OCH3 is 1. The van der Waals surface area contributed by atoms with Gasteiger partial charge in [-0.05, 0) is 49.4 Å². The minimum Gasteiger partial charge on any atom is -0.497 e. The summed E-state index contributed by atoms with van der Waals surface area (Å²) in [6, 6.07) is 15.5. The number of halogens is 1. The first kappa shape index (κ1) is 24.3. The molecule has 0 spiro atoms. The highest BCUT2D eigenvalue weighted by atomic mass is 127. The Hall–Kier alpha value is -2.00. The molecule has 1 unspecified atom stereocenters. The lowest BCUT2D eigenvalue weighted by Crippen LogP contribution is -2.39. The summed E-state index contributed by atoms with van der Waals surface area (Å²) in [5.41, 5.74) is 1.85. The predicted octanol–water partition coefficient (Wildman–Crippen LogP) is 3.89. The molecule has 1 aliphatic rings. The Bertz CT molecular complexity index is 812. The molecule has 1 aliphatic carbocycles. The second-order valence-corrected chi connectivity index (χ2v) is 7.23. The Morgan fingerprint density at radius 3 is 2.70 bits per heavy atom. The topological polar surface area (TPSA) is 75.1 Å². The zero-order valence-electron chi connectivity index (χ0n) is 17.6. The van der Waals surface area contributed by atoms with Crippen molar-refractivity contribution < 1.29 is 14.6 Å².